The van der Waals surface area contributed by atoms with Gasteiger partial charge in [0.05, 0.1) is 18.0 Å². The van der Waals surface area contributed by atoms with Crippen LogP contribution in [0.2, 0.25) is 0 Å². The van der Waals surface area contributed by atoms with Crippen molar-refractivity contribution >= 4 is 45.7 Å². The van der Waals surface area contributed by atoms with Crippen LogP contribution >= 0.6 is 24.0 Å². The van der Waals surface area contributed by atoms with Crippen LogP contribution in [0.15, 0.2) is 28.1 Å². The molecular formula is C20H33IN4O3S. The average molecular weight is 536 g/mol. The van der Waals surface area contributed by atoms with Crippen molar-refractivity contribution in [1.29, 1.82) is 0 Å². The number of sulfone groups is 1. The normalized spacial score (nSPS) is 15.4. The molecule has 2 rings (SSSR count). The molecule has 1 fully saturated rings. The molecule has 0 saturated heterocycles. The number of guanidine groups is 1. The van der Waals surface area contributed by atoms with E-state index >= 15 is 0 Å². The molecule has 0 aromatic heterocycles. The van der Waals surface area contributed by atoms with E-state index in [1.54, 1.807) is 38.1 Å². The number of nitrogens with zero attached hydrogens (tertiary/aromatic N) is 2. The highest BCUT2D eigenvalue weighted by Gasteiger charge is 2.16. The zero-order valence-corrected chi connectivity index (χ0v) is 20.8. The van der Waals surface area contributed by atoms with Crippen molar-refractivity contribution in [2.45, 2.75) is 56.5 Å². The van der Waals surface area contributed by atoms with Gasteiger partial charge in [0.1, 0.15) is 0 Å². The first-order valence-corrected chi connectivity index (χ1v) is 11.6. The van der Waals surface area contributed by atoms with Crippen molar-refractivity contribution in [1.82, 2.24) is 15.5 Å². The standard InChI is InChI=1S/C20H32N4O3S.HI/c1-15-12-16(10-11-18(15)28(4,26)27)13-21-20(22-14-19(25)24(2)3)23-17-8-6-5-7-9-17;/h10-12,17H,5-9,13-14H2,1-4H3,(H2,21,22,23);1H. The van der Waals surface area contributed by atoms with Crippen LogP contribution in [-0.2, 0) is 21.2 Å². The van der Waals surface area contributed by atoms with Crippen molar-refractivity contribution in [3.8, 4) is 0 Å². The van der Waals surface area contributed by atoms with Gasteiger partial charge in [0.25, 0.3) is 0 Å². The number of likely N-dealkylation sites (N-methyl/N-ethyl adjacent to an activating group) is 1. The summed E-state index contributed by atoms with van der Waals surface area (Å²) in [4.78, 5) is 18.4. The lowest BCUT2D eigenvalue weighted by atomic mass is 9.96. The van der Waals surface area contributed by atoms with Crippen molar-refractivity contribution in [2.24, 2.45) is 4.99 Å². The summed E-state index contributed by atoms with van der Waals surface area (Å²) in [5, 5.41) is 6.56. The second-order valence-corrected chi connectivity index (χ2v) is 9.64. The van der Waals surface area contributed by atoms with E-state index in [1.807, 2.05) is 6.07 Å². The summed E-state index contributed by atoms with van der Waals surface area (Å²) >= 11 is 0. The highest BCUT2D eigenvalue weighted by atomic mass is 127. The Morgan fingerprint density at radius 3 is 2.41 bits per heavy atom. The summed E-state index contributed by atoms with van der Waals surface area (Å²) in [6.07, 6.45) is 7.09. The van der Waals surface area contributed by atoms with Gasteiger partial charge in [-0.3, -0.25) is 4.79 Å². The minimum atomic E-state index is -3.23. The molecule has 9 heteroatoms. The van der Waals surface area contributed by atoms with E-state index in [2.05, 4.69) is 15.6 Å². The fourth-order valence-electron chi connectivity index (χ4n) is 3.31. The minimum absolute atomic E-state index is 0. The molecule has 1 amide bonds. The fourth-order valence-corrected chi connectivity index (χ4v) is 4.27. The largest absolute Gasteiger partial charge is 0.354 e. The Balaban J connectivity index is 0.00000420. The first-order chi connectivity index (χ1) is 13.2. The molecule has 1 aliphatic rings. The van der Waals surface area contributed by atoms with Gasteiger partial charge >= 0.3 is 0 Å². The van der Waals surface area contributed by atoms with Gasteiger partial charge in [-0.25, -0.2) is 13.4 Å². The van der Waals surface area contributed by atoms with E-state index in [0.717, 1.165) is 18.4 Å². The van der Waals surface area contributed by atoms with Gasteiger partial charge in [-0.15, -0.1) is 24.0 Å². The maximum atomic E-state index is 11.9. The monoisotopic (exact) mass is 536 g/mol. The van der Waals surface area contributed by atoms with Crippen LogP contribution in [-0.4, -0.2) is 58.1 Å². The fraction of sp³-hybridized carbons (Fsp3) is 0.600. The van der Waals surface area contributed by atoms with Crippen molar-refractivity contribution < 1.29 is 13.2 Å². The number of nitrogens with one attached hydrogen (secondary N) is 2. The number of halogens is 1. The Bertz CT molecular complexity index is 819. The molecule has 164 valence electrons. The predicted molar refractivity (Wildman–Crippen MR) is 128 cm³/mol. The molecule has 2 N–H and O–H groups in total. The molecule has 0 radical (unpaired) electrons. The maximum Gasteiger partial charge on any atom is 0.241 e. The van der Waals surface area contributed by atoms with Crippen LogP contribution in [0.4, 0.5) is 0 Å². The number of hydrogen-bond acceptors (Lipinski definition) is 4. The summed E-state index contributed by atoms with van der Waals surface area (Å²) in [7, 11) is 0.218. The zero-order valence-electron chi connectivity index (χ0n) is 17.7. The van der Waals surface area contributed by atoms with Crippen molar-refractivity contribution in [3.63, 3.8) is 0 Å². The van der Waals surface area contributed by atoms with E-state index in [0.29, 0.717) is 29.0 Å². The number of rotatable bonds is 6. The van der Waals surface area contributed by atoms with E-state index in [9.17, 15) is 13.2 Å². The third kappa shape index (κ3) is 8.49. The van der Waals surface area contributed by atoms with Gasteiger partial charge in [-0.05, 0) is 37.0 Å². The number of aliphatic imine (C=N–C) groups is 1. The second-order valence-electron chi connectivity index (χ2n) is 7.66. The van der Waals surface area contributed by atoms with Gasteiger partial charge in [0.15, 0.2) is 15.8 Å². The number of aryl methyl sites for hydroxylation is 1. The lowest BCUT2D eigenvalue weighted by Crippen LogP contribution is -2.47. The average Bonchev–Trinajstić information content (AvgIpc) is 2.63. The van der Waals surface area contributed by atoms with Crippen LogP contribution < -0.4 is 10.6 Å². The second kappa shape index (κ2) is 11.7. The van der Waals surface area contributed by atoms with E-state index in [-0.39, 0.29) is 36.4 Å². The van der Waals surface area contributed by atoms with E-state index in [4.69, 9.17) is 0 Å². The van der Waals surface area contributed by atoms with Gasteiger partial charge < -0.3 is 15.5 Å². The molecule has 0 heterocycles. The molecule has 0 atom stereocenters. The van der Waals surface area contributed by atoms with Crippen LogP contribution in [0.3, 0.4) is 0 Å². The molecule has 1 saturated carbocycles. The Labute approximate surface area is 191 Å². The summed E-state index contributed by atoms with van der Waals surface area (Å²) in [6, 6.07) is 5.63. The highest BCUT2D eigenvalue weighted by Crippen LogP contribution is 2.18. The molecule has 1 aromatic carbocycles. The number of hydrogen-bond donors (Lipinski definition) is 2. The number of carbonyl (C=O) groups is 1. The summed E-state index contributed by atoms with van der Waals surface area (Å²) in [5.74, 6) is 0.596. The Morgan fingerprint density at radius 2 is 1.86 bits per heavy atom. The molecule has 0 unspecified atom stereocenters. The van der Waals surface area contributed by atoms with Crippen LogP contribution in [0.1, 0.15) is 43.2 Å². The molecule has 0 spiro atoms. The summed E-state index contributed by atoms with van der Waals surface area (Å²) in [5.41, 5.74) is 1.64. The van der Waals surface area contributed by atoms with Gasteiger partial charge in [0.2, 0.25) is 5.91 Å². The third-order valence-electron chi connectivity index (χ3n) is 4.91. The molecule has 7 nitrogen and oxygen atoms in total. The van der Waals surface area contributed by atoms with E-state index < -0.39 is 9.84 Å². The molecular weight excluding hydrogens is 503 g/mol. The Hall–Kier alpha value is -1.36. The first-order valence-electron chi connectivity index (χ1n) is 9.71. The van der Waals surface area contributed by atoms with E-state index in [1.165, 1.54) is 25.5 Å². The number of benzene rings is 1. The molecule has 0 bridgehead atoms. The number of carbonyl (C=O) groups excluding carboxylic acids is 1. The Kier molecular flexibility index (Phi) is 10.4. The number of amides is 1. The lowest BCUT2D eigenvalue weighted by Gasteiger charge is -2.25. The van der Waals surface area contributed by atoms with Crippen LogP contribution in [0.5, 0.6) is 0 Å². The SMILES string of the molecule is Cc1cc(CN=C(NCC(=O)N(C)C)NC2CCCCC2)ccc1S(C)(=O)=O.I. The molecule has 0 aliphatic heterocycles. The predicted octanol–water partition coefficient (Wildman–Crippen LogP) is 2.47. The van der Waals surface area contributed by atoms with Gasteiger partial charge in [-0.1, -0.05) is 31.4 Å². The quantitative estimate of drug-likeness (QED) is 0.331. The Morgan fingerprint density at radius 1 is 1.21 bits per heavy atom. The van der Waals surface area contributed by atoms with Crippen LogP contribution in [0, 0.1) is 6.92 Å². The maximum absolute atomic E-state index is 11.9. The van der Waals surface area contributed by atoms with Gasteiger partial charge in [0, 0.05) is 26.4 Å². The summed E-state index contributed by atoms with van der Waals surface area (Å²) in [6.45, 7) is 2.37. The van der Waals surface area contributed by atoms with Gasteiger partial charge in [-0.2, -0.15) is 0 Å². The first kappa shape index (κ1) is 25.7. The molecule has 29 heavy (non-hydrogen) atoms. The smallest absolute Gasteiger partial charge is 0.241 e. The summed E-state index contributed by atoms with van der Waals surface area (Å²) < 4.78 is 23.5. The molecule has 1 aliphatic carbocycles. The van der Waals surface area contributed by atoms with Crippen molar-refractivity contribution in [3.05, 3.63) is 29.3 Å². The topological polar surface area (TPSA) is 90.9 Å². The third-order valence-corrected chi connectivity index (χ3v) is 6.17. The van der Waals surface area contributed by atoms with Crippen LogP contribution in [0.25, 0.3) is 0 Å². The minimum Gasteiger partial charge on any atom is -0.354 e. The lowest BCUT2D eigenvalue weighted by molar-refractivity contribution is -0.127. The highest BCUT2D eigenvalue weighted by molar-refractivity contribution is 14.0. The molecule has 1 aromatic rings. The zero-order chi connectivity index (χ0) is 20.7. The van der Waals surface area contributed by atoms with Crippen molar-refractivity contribution in [2.75, 3.05) is 26.9 Å².